The Morgan fingerprint density at radius 1 is 1.50 bits per heavy atom. The molecule has 0 aromatic carbocycles. The number of hydrogen-bond acceptors (Lipinski definition) is 10. The average molecular weight is 446 g/mol. The zero-order chi connectivity index (χ0) is 22.1. The third-order valence-electron chi connectivity index (χ3n) is 4.83. The molecule has 6 atom stereocenters. The molecular weight excluding hydrogens is 422 g/mol. The van der Waals surface area contributed by atoms with E-state index < -0.39 is 44.3 Å². The first-order valence-electron chi connectivity index (χ1n) is 9.09. The molecular formula is C16H24FN6O6P. The minimum absolute atomic E-state index is 0.319. The summed E-state index contributed by atoms with van der Waals surface area (Å²) in [5, 5.41) is 15.8. The smallest absolute Gasteiger partial charge is 0.322 e. The summed E-state index contributed by atoms with van der Waals surface area (Å²) in [5.74, 6) is -0.150. The van der Waals surface area contributed by atoms with Gasteiger partial charge in [-0.25, -0.2) is 24.4 Å². The number of fused-ring (bicyclic) bond motifs is 1. The van der Waals surface area contributed by atoms with E-state index in [0.717, 1.165) is 0 Å². The molecule has 2 aromatic rings. The number of nitrogens with zero attached hydrogens (tertiary/aromatic N) is 4. The molecule has 166 valence electrons. The fourth-order valence-electron chi connectivity index (χ4n) is 3.17. The molecule has 2 aromatic heterocycles. The molecule has 3 rings (SSSR count). The molecule has 0 aliphatic carbocycles. The highest BCUT2D eigenvalue weighted by molar-refractivity contribution is 7.36. The van der Waals surface area contributed by atoms with Gasteiger partial charge in [-0.15, -0.1) is 0 Å². The van der Waals surface area contributed by atoms with Crippen LogP contribution in [0.2, 0.25) is 0 Å². The van der Waals surface area contributed by atoms with Crippen molar-refractivity contribution in [2.45, 2.75) is 44.0 Å². The molecule has 1 saturated heterocycles. The Balaban J connectivity index is 1.73. The normalized spacial score (nSPS) is 28.4. The molecule has 3 N–H and O–H groups in total. The summed E-state index contributed by atoms with van der Waals surface area (Å²) < 4.78 is 44.2. The van der Waals surface area contributed by atoms with Gasteiger partial charge in [-0.3, -0.25) is 13.9 Å². The number of halogens is 1. The van der Waals surface area contributed by atoms with Crippen molar-refractivity contribution in [1.29, 1.82) is 0 Å². The minimum Gasteiger partial charge on any atom is -0.468 e. The van der Waals surface area contributed by atoms with Crippen LogP contribution in [0.1, 0.15) is 20.1 Å². The minimum atomic E-state index is -2.87. The van der Waals surface area contributed by atoms with Gasteiger partial charge in [0.15, 0.2) is 23.4 Å². The Hall–Kier alpha value is -2.18. The van der Waals surface area contributed by atoms with Crippen LogP contribution in [0.4, 0.5) is 10.2 Å². The summed E-state index contributed by atoms with van der Waals surface area (Å²) in [6.07, 6.45) is -1.29. The number of ether oxygens (including phenoxy) is 2. The third kappa shape index (κ3) is 4.16. The summed E-state index contributed by atoms with van der Waals surface area (Å²) in [6, 6.07) is -0.853. The number of nitrogens with one attached hydrogen (secondary N) is 2. The number of esters is 1. The molecule has 1 aliphatic rings. The lowest BCUT2D eigenvalue weighted by Crippen LogP contribution is -2.40. The molecule has 0 saturated carbocycles. The molecule has 1 fully saturated rings. The van der Waals surface area contributed by atoms with Crippen molar-refractivity contribution in [2.24, 2.45) is 0 Å². The quantitative estimate of drug-likeness (QED) is 0.382. The summed E-state index contributed by atoms with van der Waals surface area (Å²) in [6.45, 7) is 2.28. The van der Waals surface area contributed by atoms with Gasteiger partial charge >= 0.3 is 5.97 Å². The summed E-state index contributed by atoms with van der Waals surface area (Å²) in [7, 11) is 0.00284. The second kappa shape index (κ2) is 8.90. The number of imidazole rings is 1. The molecule has 0 amide bonds. The van der Waals surface area contributed by atoms with Gasteiger partial charge < -0.3 is 24.4 Å². The predicted molar refractivity (Wildman–Crippen MR) is 104 cm³/mol. The maximum Gasteiger partial charge on any atom is 0.322 e. The van der Waals surface area contributed by atoms with Crippen molar-refractivity contribution in [2.75, 3.05) is 26.1 Å². The predicted octanol–water partition coefficient (Wildman–Crippen LogP) is 0.412. The van der Waals surface area contributed by atoms with E-state index in [1.54, 1.807) is 7.05 Å². The number of aliphatic hydroxyl groups is 1. The van der Waals surface area contributed by atoms with E-state index in [1.807, 2.05) is 0 Å². The van der Waals surface area contributed by atoms with E-state index in [1.165, 1.54) is 38.2 Å². The maximum absolute atomic E-state index is 15.4. The standard InChI is InChI=1S/C16H24FN6O6P/c1-8(14(25)27-4)22-30(26)28-5-9-11(24)16(2,17)15(29-9)23-7-21-10-12(18-3)19-6-20-13(10)23/h6-9,11,15,24,30H,5H2,1-4H3,(H,22,26)(H,18,19,20)/t8-,9+,11+,15+,16+/m0/s1. The molecule has 30 heavy (non-hydrogen) atoms. The van der Waals surface area contributed by atoms with E-state index in [4.69, 9.17) is 9.26 Å². The van der Waals surface area contributed by atoms with Crippen LogP contribution in [0, 0.1) is 0 Å². The Bertz CT molecular complexity index is 942. The Kier molecular flexibility index (Phi) is 6.68. The van der Waals surface area contributed by atoms with E-state index >= 15 is 4.39 Å². The van der Waals surface area contributed by atoms with Crippen molar-refractivity contribution in [3.63, 3.8) is 0 Å². The van der Waals surface area contributed by atoms with Crippen molar-refractivity contribution in [3.8, 4) is 0 Å². The first kappa shape index (κ1) is 22.5. The largest absolute Gasteiger partial charge is 0.468 e. The topological polar surface area (TPSA) is 150 Å². The highest BCUT2D eigenvalue weighted by Crippen LogP contribution is 2.43. The molecule has 14 heteroatoms. The van der Waals surface area contributed by atoms with Crippen LogP contribution in [-0.4, -0.2) is 75.3 Å². The average Bonchev–Trinajstić information content (AvgIpc) is 3.24. The fraction of sp³-hybridized carbons (Fsp3) is 0.625. The maximum atomic E-state index is 15.4. The van der Waals surface area contributed by atoms with Gasteiger partial charge in [0.25, 0.3) is 8.18 Å². The molecule has 0 bridgehead atoms. The van der Waals surface area contributed by atoms with Gasteiger partial charge in [0.05, 0.1) is 20.0 Å². The number of anilines is 1. The second-order valence-corrected chi connectivity index (χ2v) is 8.06. The number of aromatic nitrogens is 4. The lowest BCUT2D eigenvalue weighted by molar-refractivity contribution is -0.142. The van der Waals surface area contributed by atoms with E-state index in [0.29, 0.717) is 17.0 Å². The second-order valence-electron chi connectivity index (χ2n) is 6.91. The Morgan fingerprint density at radius 2 is 2.23 bits per heavy atom. The monoisotopic (exact) mass is 446 g/mol. The van der Waals surface area contributed by atoms with Crippen molar-refractivity contribution < 1.29 is 32.9 Å². The van der Waals surface area contributed by atoms with Gasteiger partial charge in [-0.2, -0.15) is 0 Å². The molecule has 1 aliphatic heterocycles. The number of methoxy groups -OCH3 is 1. The molecule has 1 unspecified atom stereocenters. The number of hydrogen-bond donors (Lipinski definition) is 3. The van der Waals surface area contributed by atoms with Crippen molar-refractivity contribution in [1.82, 2.24) is 24.6 Å². The summed E-state index contributed by atoms with van der Waals surface area (Å²) in [4.78, 5) is 23.8. The van der Waals surface area contributed by atoms with Crippen molar-refractivity contribution in [3.05, 3.63) is 12.7 Å². The Labute approximate surface area is 172 Å². The summed E-state index contributed by atoms with van der Waals surface area (Å²) in [5.41, 5.74) is -1.48. The molecule has 12 nitrogen and oxygen atoms in total. The SMILES string of the molecule is CNc1ncnc2c1ncn2[C@@H]1O[C@H](CO[PH](=O)N[C@@H](C)C(=O)OC)[C@@H](O)[C@@]1(C)F. The molecule has 0 radical (unpaired) electrons. The van der Waals surface area contributed by atoms with Crippen LogP contribution in [-0.2, 0) is 23.4 Å². The van der Waals surface area contributed by atoms with E-state index in [2.05, 4.69) is 30.1 Å². The fourth-order valence-corrected chi connectivity index (χ4v) is 4.04. The van der Waals surface area contributed by atoms with Crippen LogP contribution in [0.15, 0.2) is 12.7 Å². The van der Waals surface area contributed by atoms with Gasteiger partial charge in [0.1, 0.15) is 30.1 Å². The first-order valence-corrected chi connectivity index (χ1v) is 10.4. The van der Waals surface area contributed by atoms with Crippen LogP contribution in [0.25, 0.3) is 11.2 Å². The van der Waals surface area contributed by atoms with Crippen molar-refractivity contribution >= 4 is 31.1 Å². The van der Waals surface area contributed by atoms with Gasteiger partial charge in [0, 0.05) is 7.05 Å². The zero-order valence-electron chi connectivity index (χ0n) is 16.8. The van der Waals surface area contributed by atoms with Crippen LogP contribution in [0.3, 0.4) is 0 Å². The van der Waals surface area contributed by atoms with E-state index in [9.17, 15) is 14.5 Å². The number of carbonyl (C=O) groups is 1. The number of rotatable bonds is 8. The number of carbonyl (C=O) groups excluding carboxylic acids is 1. The molecule has 3 heterocycles. The Morgan fingerprint density at radius 3 is 2.90 bits per heavy atom. The highest BCUT2D eigenvalue weighted by Gasteiger charge is 2.55. The van der Waals surface area contributed by atoms with Gasteiger partial charge in [-0.1, -0.05) is 0 Å². The van der Waals surface area contributed by atoms with Crippen LogP contribution >= 0.6 is 8.18 Å². The zero-order valence-corrected chi connectivity index (χ0v) is 17.8. The molecule has 0 spiro atoms. The summed E-state index contributed by atoms with van der Waals surface area (Å²) >= 11 is 0. The van der Waals surface area contributed by atoms with E-state index in [-0.39, 0.29) is 6.61 Å². The lowest BCUT2D eigenvalue weighted by atomic mass is 9.98. The van der Waals surface area contributed by atoms with Gasteiger partial charge in [0.2, 0.25) is 0 Å². The third-order valence-corrected chi connectivity index (χ3v) is 5.93. The van der Waals surface area contributed by atoms with Crippen LogP contribution < -0.4 is 10.4 Å². The first-order chi connectivity index (χ1) is 14.2. The number of aliphatic hydroxyl groups excluding tert-OH is 1. The number of alkyl halides is 1. The highest BCUT2D eigenvalue weighted by atomic mass is 31.1. The van der Waals surface area contributed by atoms with Crippen LogP contribution in [0.5, 0.6) is 0 Å². The lowest BCUT2D eigenvalue weighted by Gasteiger charge is -2.24. The van der Waals surface area contributed by atoms with Gasteiger partial charge in [-0.05, 0) is 13.8 Å².